The van der Waals surface area contributed by atoms with Crippen LogP contribution in [0.3, 0.4) is 0 Å². The number of amides is 1. The van der Waals surface area contributed by atoms with Crippen molar-refractivity contribution in [2.75, 3.05) is 0 Å². The van der Waals surface area contributed by atoms with Crippen molar-refractivity contribution in [3.63, 3.8) is 0 Å². The maximum absolute atomic E-state index is 10.6. The largest absolute Gasteiger partial charge is 0.446 e. The normalized spacial score (nSPS) is 10.5. The first-order chi connectivity index (χ1) is 6.25. The van der Waals surface area contributed by atoms with Crippen molar-refractivity contribution in [3.05, 3.63) is 24.4 Å². The molecule has 0 aliphatic heterocycles. The molecule has 0 saturated carbocycles. The van der Waals surface area contributed by atoms with Crippen LogP contribution in [0.15, 0.2) is 22.9 Å². The lowest BCUT2D eigenvalue weighted by molar-refractivity contribution is -0.117. The molecule has 0 aromatic carbocycles. The summed E-state index contributed by atoms with van der Waals surface area (Å²) in [5, 5.41) is 0.813. The fraction of sp³-hybridized carbons (Fsp3) is 0.125. The van der Waals surface area contributed by atoms with E-state index in [1.165, 1.54) is 6.26 Å². The van der Waals surface area contributed by atoms with Crippen molar-refractivity contribution < 1.29 is 9.21 Å². The van der Waals surface area contributed by atoms with Gasteiger partial charge in [-0.1, -0.05) is 0 Å². The molecule has 2 aromatic heterocycles. The molecule has 0 saturated heterocycles. The van der Waals surface area contributed by atoms with Crippen molar-refractivity contribution in [1.29, 1.82) is 0 Å². The molecule has 0 aliphatic rings. The fourth-order valence-electron chi connectivity index (χ4n) is 1.03. The monoisotopic (exact) mass is 177 g/mol. The van der Waals surface area contributed by atoms with Gasteiger partial charge >= 0.3 is 0 Å². The number of primary amides is 1. The highest BCUT2D eigenvalue weighted by Gasteiger charge is 2.04. The molecular weight excluding hydrogens is 170 g/mol. The number of furan rings is 1. The third-order valence-electron chi connectivity index (χ3n) is 1.59. The van der Waals surface area contributed by atoms with E-state index in [2.05, 4.69) is 9.97 Å². The molecule has 5 heteroatoms. The number of aromatic nitrogens is 2. The second-order valence-corrected chi connectivity index (χ2v) is 2.61. The van der Waals surface area contributed by atoms with Gasteiger partial charge in [-0.05, 0) is 6.07 Å². The molecule has 2 rings (SSSR count). The van der Waals surface area contributed by atoms with E-state index < -0.39 is 5.91 Å². The van der Waals surface area contributed by atoms with Crippen molar-refractivity contribution >= 4 is 17.0 Å². The van der Waals surface area contributed by atoms with E-state index in [4.69, 9.17) is 10.2 Å². The van der Waals surface area contributed by atoms with E-state index in [9.17, 15) is 4.79 Å². The maximum atomic E-state index is 10.6. The van der Waals surface area contributed by atoms with Crippen molar-refractivity contribution in [2.45, 2.75) is 6.42 Å². The van der Waals surface area contributed by atoms with E-state index in [1.54, 1.807) is 12.3 Å². The highest BCUT2D eigenvalue weighted by atomic mass is 16.3. The summed E-state index contributed by atoms with van der Waals surface area (Å²) in [6.07, 6.45) is 3.16. The van der Waals surface area contributed by atoms with Crippen LogP contribution in [0.25, 0.3) is 11.1 Å². The average molecular weight is 177 g/mol. The molecular formula is C8H7N3O2. The summed E-state index contributed by atoms with van der Waals surface area (Å²) in [5.74, 6) is -0.0687. The van der Waals surface area contributed by atoms with Gasteiger partial charge in [-0.3, -0.25) is 4.79 Å². The molecule has 0 atom stereocenters. The third kappa shape index (κ3) is 1.48. The van der Waals surface area contributed by atoms with Crippen LogP contribution in [0.2, 0.25) is 0 Å². The SMILES string of the molecule is NC(=O)Cc1ncc2ccoc2n1. The van der Waals surface area contributed by atoms with Gasteiger partial charge in [0.1, 0.15) is 5.82 Å². The van der Waals surface area contributed by atoms with Crippen LogP contribution in [-0.4, -0.2) is 15.9 Å². The molecule has 2 aromatic rings. The summed E-state index contributed by atoms with van der Waals surface area (Å²) in [5.41, 5.74) is 5.47. The van der Waals surface area contributed by atoms with Crippen LogP contribution >= 0.6 is 0 Å². The number of fused-ring (bicyclic) bond motifs is 1. The Balaban J connectivity index is 2.42. The topological polar surface area (TPSA) is 82.0 Å². The summed E-state index contributed by atoms with van der Waals surface area (Å²) in [6.45, 7) is 0. The number of carbonyl (C=O) groups is 1. The summed E-state index contributed by atoms with van der Waals surface area (Å²) in [7, 11) is 0. The lowest BCUT2D eigenvalue weighted by Gasteiger charge is -1.94. The first kappa shape index (κ1) is 7.72. The Morgan fingerprint density at radius 1 is 1.62 bits per heavy atom. The minimum atomic E-state index is -0.453. The third-order valence-corrected chi connectivity index (χ3v) is 1.59. The summed E-state index contributed by atoms with van der Waals surface area (Å²) in [6, 6.07) is 1.75. The van der Waals surface area contributed by atoms with Gasteiger partial charge in [0.05, 0.1) is 18.1 Å². The summed E-state index contributed by atoms with van der Waals surface area (Å²) in [4.78, 5) is 18.5. The number of carbonyl (C=O) groups excluding carboxylic acids is 1. The first-order valence-electron chi connectivity index (χ1n) is 3.73. The van der Waals surface area contributed by atoms with Gasteiger partial charge < -0.3 is 10.2 Å². The number of rotatable bonds is 2. The first-order valence-corrected chi connectivity index (χ1v) is 3.73. The van der Waals surface area contributed by atoms with Gasteiger partial charge in [-0.2, -0.15) is 4.98 Å². The Morgan fingerprint density at radius 2 is 2.46 bits per heavy atom. The van der Waals surface area contributed by atoms with Crippen LogP contribution in [0.1, 0.15) is 5.82 Å². The van der Waals surface area contributed by atoms with E-state index in [0.29, 0.717) is 11.5 Å². The molecule has 0 radical (unpaired) electrons. The molecule has 0 aliphatic carbocycles. The Hall–Kier alpha value is -1.91. The minimum Gasteiger partial charge on any atom is -0.446 e. The van der Waals surface area contributed by atoms with Gasteiger partial charge in [-0.15, -0.1) is 0 Å². The molecule has 0 spiro atoms. The van der Waals surface area contributed by atoms with E-state index in [-0.39, 0.29) is 6.42 Å². The number of nitrogens with two attached hydrogens (primary N) is 1. The van der Waals surface area contributed by atoms with Gasteiger partial charge in [0.2, 0.25) is 11.6 Å². The highest BCUT2D eigenvalue weighted by Crippen LogP contribution is 2.10. The summed E-state index contributed by atoms with van der Waals surface area (Å²) < 4.78 is 5.04. The standard InChI is InChI=1S/C8H7N3O2/c9-6(12)3-7-10-4-5-1-2-13-8(5)11-7/h1-2,4H,3H2,(H2,9,12). The van der Waals surface area contributed by atoms with E-state index in [0.717, 1.165) is 5.39 Å². The summed E-state index contributed by atoms with van der Waals surface area (Å²) >= 11 is 0. The molecule has 66 valence electrons. The number of hydrogen-bond acceptors (Lipinski definition) is 4. The zero-order valence-electron chi connectivity index (χ0n) is 6.73. The molecule has 1 amide bonds. The van der Waals surface area contributed by atoms with Crippen LogP contribution < -0.4 is 5.73 Å². The van der Waals surface area contributed by atoms with Gasteiger partial charge in [0, 0.05) is 6.20 Å². The second kappa shape index (κ2) is 2.85. The Kier molecular flexibility index (Phi) is 1.70. The second-order valence-electron chi connectivity index (χ2n) is 2.61. The molecule has 5 nitrogen and oxygen atoms in total. The molecule has 0 unspecified atom stereocenters. The Bertz CT molecular complexity index is 449. The quantitative estimate of drug-likeness (QED) is 0.712. The van der Waals surface area contributed by atoms with Crippen molar-refractivity contribution in [2.24, 2.45) is 5.73 Å². The van der Waals surface area contributed by atoms with Crippen LogP contribution in [-0.2, 0) is 11.2 Å². The zero-order valence-corrected chi connectivity index (χ0v) is 6.73. The van der Waals surface area contributed by atoms with E-state index in [1.807, 2.05) is 0 Å². The minimum absolute atomic E-state index is 0.0383. The smallest absolute Gasteiger partial charge is 0.229 e. The molecule has 0 fully saturated rings. The molecule has 13 heavy (non-hydrogen) atoms. The number of hydrogen-bond donors (Lipinski definition) is 1. The highest BCUT2D eigenvalue weighted by molar-refractivity contribution is 5.77. The zero-order chi connectivity index (χ0) is 9.26. The van der Waals surface area contributed by atoms with Gasteiger partial charge in [0.25, 0.3) is 0 Å². The molecule has 2 N–H and O–H groups in total. The lowest BCUT2D eigenvalue weighted by Crippen LogP contribution is -2.15. The molecule has 2 heterocycles. The van der Waals surface area contributed by atoms with Crippen LogP contribution in [0, 0.1) is 0 Å². The molecule has 0 bridgehead atoms. The average Bonchev–Trinajstić information content (AvgIpc) is 2.49. The van der Waals surface area contributed by atoms with Crippen molar-refractivity contribution in [1.82, 2.24) is 9.97 Å². The van der Waals surface area contributed by atoms with E-state index >= 15 is 0 Å². The van der Waals surface area contributed by atoms with Gasteiger partial charge in [-0.25, -0.2) is 4.98 Å². The lowest BCUT2D eigenvalue weighted by atomic mass is 10.3. The predicted molar refractivity (Wildman–Crippen MR) is 44.7 cm³/mol. The maximum Gasteiger partial charge on any atom is 0.229 e. The van der Waals surface area contributed by atoms with Crippen LogP contribution in [0.4, 0.5) is 0 Å². The van der Waals surface area contributed by atoms with Crippen molar-refractivity contribution in [3.8, 4) is 0 Å². The number of nitrogens with zero attached hydrogens (tertiary/aromatic N) is 2. The Labute approximate surface area is 73.6 Å². The van der Waals surface area contributed by atoms with Gasteiger partial charge in [0.15, 0.2) is 0 Å². The predicted octanol–water partition coefficient (Wildman–Crippen LogP) is 0.251. The Morgan fingerprint density at radius 3 is 3.23 bits per heavy atom. The van der Waals surface area contributed by atoms with Crippen LogP contribution in [0.5, 0.6) is 0 Å². The fourth-order valence-corrected chi connectivity index (χ4v) is 1.03.